The summed E-state index contributed by atoms with van der Waals surface area (Å²) in [5, 5.41) is 4.55. The third-order valence-corrected chi connectivity index (χ3v) is 5.47. The van der Waals surface area contributed by atoms with Crippen molar-refractivity contribution in [2.45, 2.75) is 26.2 Å². The number of methoxy groups -OCH3 is 1. The lowest BCUT2D eigenvalue weighted by Crippen LogP contribution is -2.13. The second-order valence-electron chi connectivity index (χ2n) is 8.55. The minimum atomic E-state index is -0.118. The van der Waals surface area contributed by atoms with Gasteiger partial charge in [0.25, 0.3) is 0 Å². The molecule has 3 nitrogen and oxygen atoms in total. The van der Waals surface area contributed by atoms with E-state index in [0.717, 1.165) is 44.5 Å². The molecule has 152 valence electrons. The van der Waals surface area contributed by atoms with Crippen LogP contribution >= 0.6 is 0 Å². The van der Waals surface area contributed by atoms with Crippen molar-refractivity contribution in [2.75, 3.05) is 13.9 Å². The third-order valence-electron chi connectivity index (χ3n) is 5.47. The molecule has 0 saturated heterocycles. The fourth-order valence-electron chi connectivity index (χ4n) is 3.94. The molecule has 0 aliphatic carbocycles. The van der Waals surface area contributed by atoms with Crippen molar-refractivity contribution in [3.05, 3.63) is 77.9 Å². The number of carbonyl (C=O) groups is 1. The quantitative estimate of drug-likeness (QED) is 0.212. The number of rotatable bonds is 5. The van der Waals surface area contributed by atoms with Crippen LogP contribution in [-0.2, 0) is 10.2 Å². The Morgan fingerprint density at radius 1 is 0.867 bits per heavy atom. The topological polar surface area (TPSA) is 35.5 Å². The Kier molecular flexibility index (Phi) is 5.31. The van der Waals surface area contributed by atoms with Crippen LogP contribution in [-0.4, -0.2) is 20.2 Å². The first-order valence-corrected chi connectivity index (χ1v) is 10.1. The lowest BCUT2D eigenvalue weighted by molar-refractivity contribution is 0.0509. The van der Waals surface area contributed by atoms with Gasteiger partial charge in [-0.05, 0) is 50.7 Å². The minimum absolute atomic E-state index is 0.0748. The van der Waals surface area contributed by atoms with Crippen LogP contribution in [0, 0.1) is 0 Å². The summed E-state index contributed by atoms with van der Waals surface area (Å²) in [6.07, 6.45) is 0.872. The molecule has 30 heavy (non-hydrogen) atoms. The van der Waals surface area contributed by atoms with Crippen LogP contribution in [0.2, 0.25) is 0 Å². The maximum absolute atomic E-state index is 12.1. The monoisotopic (exact) mass is 398 g/mol. The van der Waals surface area contributed by atoms with Gasteiger partial charge in [0.2, 0.25) is 0 Å². The van der Waals surface area contributed by atoms with Crippen LogP contribution in [0.5, 0.6) is 5.75 Å². The summed E-state index contributed by atoms with van der Waals surface area (Å²) in [5.74, 6) is 0.557. The van der Waals surface area contributed by atoms with Gasteiger partial charge in [-0.3, -0.25) is 4.79 Å². The summed E-state index contributed by atoms with van der Waals surface area (Å²) in [6.45, 7) is 6.53. The summed E-state index contributed by atoms with van der Waals surface area (Å²) in [6, 6.07) is 23.0. The van der Waals surface area contributed by atoms with Gasteiger partial charge in [0, 0.05) is 18.2 Å². The van der Waals surface area contributed by atoms with Crippen LogP contribution < -0.4 is 4.74 Å². The van der Waals surface area contributed by atoms with Gasteiger partial charge in [-0.1, -0.05) is 69.3 Å². The maximum Gasteiger partial charge on any atom is 0.188 e. The first kappa shape index (κ1) is 20.1. The van der Waals surface area contributed by atoms with E-state index >= 15 is 0 Å². The molecular formula is C27H26O3. The zero-order valence-electron chi connectivity index (χ0n) is 17.9. The molecule has 0 atom stereocenters. The molecule has 0 heterocycles. The van der Waals surface area contributed by atoms with E-state index in [0.29, 0.717) is 11.3 Å². The summed E-state index contributed by atoms with van der Waals surface area (Å²) < 4.78 is 11.1. The summed E-state index contributed by atoms with van der Waals surface area (Å²) >= 11 is 0. The molecule has 0 amide bonds. The predicted octanol–water partition coefficient (Wildman–Crippen LogP) is 6.75. The van der Waals surface area contributed by atoms with Crippen molar-refractivity contribution < 1.29 is 14.3 Å². The number of aldehydes is 1. The number of carbonyl (C=O) groups excluding carboxylic acids is 1. The fraction of sp³-hybridized carbons (Fsp3) is 0.222. The molecule has 0 aliphatic heterocycles. The second kappa shape index (κ2) is 7.92. The average Bonchev–Trinajstić information content (AvgIpc) is 2.74. The molecule has 0 aliphatic rings. The molecule has 4 rings (SSSR count). The first-order valence-electron chi connectivity index (χ1n) is 10.1. The third kappa shape index (κ3) is 3.57. The highest BCUT2D eigenvalue weighted by Crippen LogP contribution is 2.43. The molecule has 0 aromatic heterocycles. The Labute approximate surface area is 177 Å². The standard InChI is InChI=1S/C27H26O3/c1-27(2,3)21-14-20(16-28)26(30-17-29-4)24(15-21)25-22-11-7-5-9-18(22)13-19-10-6-8-12-23(19)25/h5-16H,17H2,1-4H3. The van der Waals surface area contributed by atoms with Crippen molar-refractivity contribution in [1.29, 1.82) is 0 Å². The van der Waals surface area contributed by atoms with E-state index in [1.54, 1.807) is 7.11 Å². The van der Waals surface area contributed by atoms with Gasteiger partial charge in [0.1, 0.15) is 5.75 Å². The number of hydrogen-bond acceptors (Lipinski definition) is 3. The average molecular weight is 399 g/mol. The minimum Gasteiger partial charge on any atom is -0.466 e. The molecule has 0 radical (unpaired) electrons. The van der Waals surface area contributed by atoms with E-state index in [1.165, 1.54) is 0 Å². The van der Waals surface area contributed by atoms with Gasteiger partial charge in [0.15, 0.2) is 13.1 Å². The Hall–Kier alpha value is -3.17. The lowest BCUT2D eigenvalue weighted by atomic mass is 9.82. The zero-order chi connectivity index (χ0) is 21.3. The highest BCUT2D eigenvalue weighted by atomic mass is 16.7. The van der Waals surface area contributed by atoms with Gasteiger partial charge < -0.3 is 9.47 Å². The maximum atomic E-state index is 12.1. The molecular weight excluding hydrogens is 372 g/mol. The Morgan fingerprint density at radius 2 is 1.47 bits per heavy atom. The molecule has 4 aromatic carbocycles. The normalized spacial score (nSPS) is 11.7. The van der Waals surface area contributed by atoms with Crippen LogP contribution in [0.1, 0.15) is 36.7 Å². The SMILES string of the molecule is COCOc1c(C=O)cc(C(C)(C)C)cc1-c1c2ccccc2cc2ccccc12. The molecule has 4 aromatic rings. The Morgan fingerprint density at radius 3 is 2.00 bits per heavy atom. The summed E-state index contributed by atoms with van der Waals surface area (Å²) in [4.78, 5) is 12.1. The zero-order valence-corrected chi connectivity index (χ0v) is 17.9. The van der Waals surface area contributed by atoms with E-state index in [2.05, 4.69) is 57.2 Å². The smallest absolute Gasteiger partial charge is 0.188 e. The number of benzene rings is 4. The van der Waals surface area contributed by atoms with Gasteiger partial charge in [-0.2, -0.15) is 0 Å². The second-order valence-corrected chi connectivity index (χ2v) is 8.55. The molecule has 0 bridgehead atoms. The highest BCUT2D eigenvalue weighted by molar-refractivity contribution is 6.14. The molecule has 3 heteroatoms. The first-order chi connectivity index (χ1) is 14.4. The van der Waals surface area contributed by atoms with E-state index in [4.69, 9.17) is 9.47 Å². The molecule has 0 spiro atoms. The van der Waals surface area contributed by atoms with Gasteiger partial charge in [-0.15, -0.1) is 0 Å². The fourth-order valence-corrected chi connectivity index (χ4v) is 3.94. The van der Waals surface area contributed by atoms with Crippen LogP contribution in [0.4, 0.5) is 0 Å². The highest BCUT2D eigenvalue weighted by Gasteiger charge is 2.23. The van der Waals surface area contributed by atoms with Crippen molar-refractivity contribution in [3.8, 4) is 16.9 Å². The van der Waals surface area contributed by atoms with Crippen molar-refractivity contribution in [3.63, 3.8) is 0 Å². The van der Waals surface area contributed by atoms with E-state index < -0.39 is 0 Å². The van der Waals surface area contributed by atoms with Crippen molar-refractivity contribution in [1.82, 2.24) is 0 Å². The van der Waals surface area contributed by atoms with E-state index in [-0.39, 0.29) is 12.2 Å². The lowest BCUT2D eigenvalue weighted by Gasteiger charge is -2.24. The Balaban J connectivity index is 2.17. The molecule has 0 unspecified atom stereocenters. The van der Waals surface area contributed by atoms with E-state index in [9.17, 15) is 4.79 Å². The van der Waals surface area contributed by atoms with Crippen LogP contribution in [0.15, 0.2) is 66.7 Å². The van der Waals surface area contributed by atoms with Gasteiger partial charge >= 0.3 is 0 Å². The largest absolute Gasteiger partial charge is 0.466 e. The summed E-state index contributed by atoms with van der Waals surface area (Å²) in [5.41, 5.74) is 3.48. The molecule has 0 fully saturated rings. The summed E-state index contributed by atoms with van der Waals surface area (Å²) in [7, 11) is 1.58. The molecule has 0 N–H and O–H groups in total. The van der Waals surface area contributed by atoms with Crippen molar-refractivity contribution >= 4 is 27.8 Å². The van der Waals surface area contributed by atoms with E-state index in [1.807, 2.05) is 30.3 Å². The van der Waals surface area contributed by atoms with Gasteiger partial charge in [0.05, 0.1) is 5.56 Å². The van der Waals surface area contributed by atoms with Crippen LogP contribution in [0.25, 0.3) is 32.7 Å². The van der Waals surface area contributed by atoms with Crippen molar-refractivity contribution in [2.24, 2.45) is 0 Å². The molecule has 0 saturated carbocycles. The number of ether oxygens (including phenoxy) is 2. The number of hydrogen-bond donors (Lipinski definition) is 0. The number of fused-ring (bicyclic) bond motifs is 2. The predicted molar refractivity (Wildman–Crippen MR) is 123 cm³/mol. The Bertz CT molecular complexity index is 1180. The van der Waals surface area contributed by atoms with Crippen LogP contribution in [0.3, 0.4) is 0 Å². The van der Waals surface area contributed by atoms with Gasteiger partial charge in [-0.25, -0.2) is 0 Å².